The van der Waals surface area contributed by atoms with E-state index in [-0.39, 0.29) is 29.0 Å². The Morgan fingerprint density at radius 2 is 1.77 bits per heavy atom. The molecule has 4 rings (SSSR count). The quantitative estimate of drug-likeness (QED) is 0.156. The molecule has 9 heteroatoms. The summed E-state index contributed by atoms with van der Waals surface area (Å²) in [4.78, 5) is 58.9. The highest BCUT2D eigenvalue weighted by atomic mass is 16.7. The van der Waals surface area contributed by atoms with Crippen LogP contribution in [0.4, 0.5) is 11.5 Å². The van der Waals surface area contributed by atoms with Gasteiger partial charge in [0.05, 0.1) is 43.5 Å². The van der Waals surface area contributed by atoms with Crippen LogP contribution in [0, 0.1) is 0 Å². The summed E-state index contributed by atoms with van der Waals surface area (Å²) < 4.78 is 10.1. The van der Waals surface area contributed by atoms with Gasteiger partial charge in [-0.3, -0.25) is 19.2 Å². The lowest BCUT2D eigenvalue weighted by Gasteiger charge is -2.24. The second-order valence-electron chi connectivity index (χ2n) is 7.65. The highest BCUT2D eigenvalue weighted by Crippen LogP contribution is 2.32. The molecule has 0 unspecified atom stereocenters. The number of aromatic nitrogens is 1. The molecule has 0 atom stereocenters. The Balaban J connectivity index is 1.62. The summed E-state index contributed by atoms with van der Waals surface area (Å²) in [5, 5.41) is 1.82. The first kappa shape index (κ1) is 23.8. The van der Waals surface area contributed by atoms with Crippen molar-refractivity contribution in [3.05, 3.63) is 91.9 Å². The lowest BCUT2D eigenvalue weighted by molar-refractivity contribution is 0.0600. The van der Waals surface area contributed by atoms with Crippen molar-refractivity contribution in [1.82, 2.24) is 4.98 Å². The van der Waals surface area contributed by atoms with Crippen LogP contribution in [-0.4, -0.2) is 38.1 Å². The predicted octanol–water partition coefficient (Wildman–Crippen LogP) is 3.14. The Kier molecular flexibility index (Phi) is 6.70. The number of rotatable bonds is 9. The van der Waals surface area contributed by atoms with Crippen molar-refractivity contribution in [2.75, 3.05) is 26.4 Å². The summed E-state index contributed by atoms with van der Waals surface area (Å²) in [6.45, 7) is 0. The van der Waals surface area contributed by atoms with E-state index in [1.54, 1.807) is 48.5 Å². The molecule has 0 amide bonds. The van der Waals surface area contributed by atoms with Crippen molar-refractivity contribution in [1.29, 1.82) is 0 Å². The number of methoxy groups -OCH3 is 2. The van der Waals surface area contributed by atoms with E-state index in [1.165, 1.54) is 32.6 Å². The summed E-state index contributed by atoms with van der Waals surface area (Å²) in [6.07, 6.45) is 1.97. The number of carbonyl (C=O) groups is 2. The zero-order valence-electron chi connectivity index (χ0n) is 19.4. The average molecular weight is 474 g/mol. The van der Waals surface area contributed by atoms with E-state index >= 15 is 0 Å². The molecule has 1 aromatic heterocycles. The molecule has 9 nitrogen and oxygen atoms in total. The minimum Gasteiger partial charge on any atom is -0.496 e. The van der Waals surface area contributed by atoms with Crippen molar-refractivity contribution in [3.63, 3.8) is 0 Å². The van der Waals surface area contributed by atoms with Gasteiger partial charge in [0, 0.05) is 18.0 Å². The monoisotopic (exact) mass is 474 g/mol. The fourth-order valence-electron chi connectivity index (χ4n) is 3.96. The molecule has 3 aromatic carbocycles. The molecule has 0 aliphatic carbocycles. The predicted molar refractivity (Wildman–Crippen MR) is 129 cm³/mol. The van der Waals surface area contributed by atoms with Crippen molar-refractivity contribution >= 4 is 34.0 Å². The number of benzene rings is 2. The normalized spacial score (nSPS) is 10.9. The van der Waals surface area contributed by atoms with E-state index in [9.17, 15) is 19.2 Å². The maximum atomic E-state index is 13.2. The molecule has 0 aliphatic rings. The summed E-state index contributed by atoms with van der Waals surface area (Å²) in [7, 11) is 4.17. The van der Waals surface area contributed by atoms with Gasteiger partial charge in [-0.25, -0.2) is 14.8 Å². The topological polar surface area (TPSA) is 112 Å². The van der Waals surface area contributed by atoms with E-state index < -0.39 is 16.8 Å². The standard InChI is InChI=1S/C26H22N2O7/c1-33-21-14-16(26(32)34-2)10-9-15(21)11-12-20(29)17-7-5-13-27-25(17)28(35-3)19-8-4-6-18-22(19)24(31)23(18)30/h4-10,13-14H,11-12H2,1-3H3. The molecule has 35 heavy (non-hydrogen) atoms. The van der Waals surface area contributed by atoms with Crippen LogP contribution in [0.5, 0.6) is 5.75 Å². The molecule has 0 saturated carbocycles. The second kappa shape index (κ2) is 9.86. The molecule has 0 saturated heterocycles. The first-order valence-corrected chi connectivity index (χ1v) is 10.7. The van der Waals surface area contributed by atoms with E-state index in [2.05, 4.69) is 4.98 Å². The Labute approximate surface area is 200 Å². The molecule has 178 valence electrons. The Hall–Kier alpha value is -4.37. The van der Waals surface area contributed by atoms with Crippen LogP contribution in [0.1, 0.15) is 32.7 Å². The molecule has 0 radical (unpaired) electrons. The number of hydrogen-bond donors (Lipinski definition) is 0. The van der Waals surface area contributed by atoms with Crippen LogP contribution >= 0.6 is 0 Å². The van der Waals surface area contributed by atoms with Gasteiger partial charge >= 0.3 is 5.97 Å². The number of anilines is 2. The average Bonchev–Trinajstić information content (AvgIpc) is 2.91. The minimum atomic E-state index is -0.607. The highest BCUT2D eigenvalue weighted by Gasteiger charge is 2.25. The number of nitrogens with zero attached hydrogens (tertiary/aromatic N) is 2. The summed E-state index contributed by atoms with van der Waals surface area (Å²) in [6, 6.07) is 13.0. The molecule has 0 bridgehead atoms. The third-order valence-electron chi connectivity index (χ3n) is 5.73. The van der Waals surface area contributed by atoms with Crippen LogP contribution < -0.4 is 20.7 Å². The molecule has 0 aliphatic heterocycles. The van der Waals surface area contributed by atoms with E-state index in [4.69, 9.17) is 14.3 Å². The third kappa shape index (κ3) is 4.29. The Morgan fingerprint density at radius 3 is 2.49 bits per heavy atom. The Morgan fingerprint density at radius 1 is 0.971 bits per heavy atom. The van der Waals surface area contributed by atoms with Gasteiger partial charge in [-0.1, -0.05) is 18.2 Å². The maximum Gasteiger partial charge on any atom is 0.337 e. The van der Waals surface area contributed by atoms with Crippen molar-refractivity contribution in [2.24, 2.45) is 0 Å². The van der Waals surface area contributed by atoms with Crippen molar-refractivity contribution in [3.8, 4) is 5.75 Å². The van der Waals surface area contributed by atoms with Crippen LogP contribution in [0.15, 0.2) is 64.3 Å². The number of ketones is 1. The van der Waals surface area contributed by atoms with Gasteiger partial charge in [0.1, 0.15) is 5.75 Å². The molecule has 0 spiro atoms. The van der Waals surface area contributed by atoms with Crippen molar-refractivity contribution in [2.45, 2.75) is 12.8 Å². The van der Waals surface area contributed by atoms with E-state index in [0.717, 1.165) is 5.56 Å². The smallest absolute Gasteiger partial charge is 0.337 e. The zero-order chi connectivity index (χ0) is 25.1. The highest BCUT2D eigenvalue weighted by molar-refractivity contribution is 6.04. The van der Waals surface area contributed by atoms with Gasteiger partial charge < -0.3 is 9.47 Å². The lowest BCUT2D eigenvalue weighted by atomic mass is 10.0. The van der Waals surface area contributed by atoms with E-state index in [1.807, 2.05) is 0 Å². The SMILES string of the molecule is COC(=O)c1ccc(CCC(=O)c2cccnc2N(OC)c2cccc3c(=O)c(=O)c23)c(OC)c1. The summed E-state index contributed by atoms with van der Waals surface area (Å²) >= 11 is 0. The number of Topliss-reactive ketones (excluding diaryl/α,β-unsaturated/α-hetero) is 1. The molecular formula is C26H22N2O7. The number of aryl methyl sites for hydroxylation is 1. The van der Waals surface area contributed by atoms with Crippen LogP contribution in [0.2, 0.25) is 0 Å². The van der Waals surface area contributed by atoms with Gasteiger partial charge in [0.15, 0.2) is 11.6 Å². The molecule has 0 N–H and O–H groups in total. The van der Waals surface area contributed by atoms with Crippen LogP contribution in [0.3, 0.4) is 0 Å². The third-order valence-corrected chi connectivity index (χ3v) is 5.73. The van der Waals surface area contributed by atoms with Gasteiger partial charge in [0.2, 0.25) is 10.9 Å². The molecule has 4 aromatic rings. The van der Waals surface area contributed by atoms with Gasteiger partial charge in [-0.15, -0.1) is 0 Å². The molecule has 0 fully saturated rings. The van der Waals surface area contributed by atoms with Crippen LogP contribution in [0.25, 0.3) is 10.8 Å². The van der Waals surface area contributed by atoms with Gasteiger partial charge in [-0.2, -0.15) is 0 Å². The molecular weight excluding hydrogens is 452 g/mol. The fourth-order valence-corrected chi connectivity index (χ4v) is 3.96. The van der Waals surface area contributed by atoms with Gasteiger partial charge in [0.25, 0.3) is 0 Å². The van der Waals surface area contributed by atoms with Crippen molar-refractivity contribution < 1.29 is 23.9 Å². The number of pyridine rings is 1. The number of carbonyl (C=O) groups excluding carboxylic acids is 2. The maximum absolute atomic E-state index is 13.2. The zero-order valence-corrected chi connectivity index (χ0v) is 19.4. The summed E-state index contributed by atoms with van der Waals surface area (Å²) in [5.41, 5.74) is 0.553. The van der Waals surface area contributed by atoms with Gasteiger partial charge in [-0.05, 0) is 42.3 Å². The van der Waals surface area contributed by atoms with Crippen LogP contribution in [-0.2, 0) is 16.0 Å². The Bertz CT molecular complexity index is 1500. The number of ether oxygens (including phenoxy) is 2. The minimum absolute atomic E-state index is 0.120. The summed E-state index contributed by atoms with van der Waals surface area (Å²) in [5.74, 6) is -0.0280. The first-order chi connectivity index (χ1) is 16.9. The first-order valence-electron chi connectivity index (χ1n) is 10.7. The molecule has 1 heterocycles. The number of hydrogen-bond acceptors (Lipinski definition) is 9. The lowest BCUT2D eigenvalue weighted by Crippen LogP contribution is -2.33. The van der Waals surface area contributed by atoms with E-state index in [0.29, 0.717) is 28.8 Å². The fraction of sp³-hybridized carbons (Fsp3) is 0.192. The second-order valence-corrected chi connectivity index (χ2v) is 7.65. The number of esters is 1. The largest absolute Gasteiger partial charge is 0.496 e. The number of fused-ring (bicyclic) bond motifs is 1.